The minimum Gasteiger partial charge on any atom is -0.367 e. The van der Waals surface area contributed by atoms with Crippen LogP contribution in [0.25, 0.3) is 0 Å². The fraction of sp³-hybridized carbons (Fsp3) is 0.875. The molecule has 2 nitrogen and oxygen atoms in total. The highest BCUT2D eigenvalue weighted by Crippen LogP contribution is 1.89. The number of unbranched alkanes of at least 4 members (excludes halogenated alkanes) is 1. The van der Waals surface area contributed by atoms with Crippen LogP contribution in [0.5, 0.6) is 0 Å². The molecule has 0 saturated carbocycles. The van der Waals surface area contributed by atoms with Crippen LogP contribution in [0.15, 0.2) is 4.99 Å². The van der Waals surface area contributed by atoms with Gasteiger partial charge in [-0.2, -0.15) is 0 Å². The number of nitrogens with zero attached hydrogens (tertiary/aromatic N) is 2. The van der Waals surface area contributed by atoms with Crippen LogP contribution in [0.2, 0.25) is 0 Å². The lowest BCUT2D eigenvalue weighted by molar-refractivity contribution is 0.611. The van der Waals surface area contributed by atoms with Gasteiger partial charge in [0.1, 0.15) is 0 Å². The molecule has 2 heteroatoms. The minimum absolute atomic E-state index is 0.973. The zero-order chi connectivity index (χ0) is 7.98. The highest BCUT2D eigenvalue weighted by atomic mass is 15.1. The highest BCUT2D eigenvalue weighted by molar-refractivity contribution is 5.79. The van der Waals surface area contributed by atoms with Crippen molar-refractivity contribution in [3.8, 4) is 0 Å². The van der Waals surface area contributed by atoms with Gasteiger partial charge < -0.3 is 4.90 Å². The molecule has 0 rings (SSSR count). The molecule has 0 fully saturated rings. The Balaban J connectivity index is 3.48. The van der Waals surface area contributed by atoms with Crippen molar-refractivity contribution in [2.45, 2.75) is 26.7 Å². The number of amidine groups is 1. The van der Waals surface area contributed by atoms with Crippen LogP contribution in [0, 0.1) is 0 Å². The summed E-state index contributed by atoms with van der Waals surface area (Å²) >= 11 is 0. The van der Waals surface area contributed by atoms with Gasteiger partial charge in [-0.15, -0.1) is 0 Å². The van der Waals surface area contributed by atoms with Crippen LogP contribution in [0.1, 0.15) is 26.7 Å². The lowest BCUT2D eigenvalue weighted by Gasteiger charge is -2.10. The maximum atomic E-state index is 4.36. The molecule has 0 unspecified atom stereocenters. The van der Waals surface area contributed by atoms with E-state index in [-0.39, 0.29) is 0 Å². The second-order valence-corrected chi connectivity index (χ2v) is 2.68. The molecular formula is C8H18N2. The van der Waals surface area contributed by atoms with Crippen molar-refractivity contribution >= 4 is 5.84 Å². The monoisotopic (exact) mass is 142 g/mol. The summed E-state index contributed by atoms with van der Waals surface area (Å²) < 4.78 is 0. The zero-order valence-corrected chi connectivity index (χ0v) is 7.52. The quantitative estimate of drug-likeness (QED) is 0.333. The van der Waals surface area contributed by atoms with Crippen molar-refractivity contribution in [1.29, 1.82) is 0 Å². The van der Waals surface area contributed by atoms with Crippen molar-refractivity contribution in [3.63, 3.8) is 0 Å². The Bertz CT molecular complexity index is 106. The molecule has 0 aliphatic rings. The summed E-state index contributed by atoms with van der Waals surface area (Å²) in [5.74, 6) is 1.12. The van der Waals surface area contributed by atoms with Gasteiger partial charge in [0, 0.05) is 20.6 Å². The molecule has 0 atom stereocenters. The van der Waals surface area contributed by atoms with E-state index in [1.165, 1.54) is 12.8 Å². The van der Waals surface area contributed by atoms with Crippen LogP contribution in [0.3, 0.4) is 0 Å². The van der Waals surface area contributed by atoms with E-state index in [9.17, 15) is 0 Å². The Labute approximate surface area is 63.9 Å². The van der Waals surface area contributed by atoms with Crippen LogP contribution in [-0.2, 0) is 0 Å². The van der Waals surface area contributed by atoms with Gasteiger partial charge in [0.05, 0.1) is 5.84 Å². The Morgan fingerprint density at radius 1 is 1.40 bits per heavy atom. The minimum atomic E-state index is 0.973. The highest BCUT2D eigenvalue weighted by Gasteiger charge is 1.89. The standard InChI is InChI=1S/C8H18N2/c1-5-6-7-9-8(2)10(3)4/h5-7H2,1-4H3. The summed E-state index contributed by atoms with van der Waals surface area (Å²) in [6.45, 7) is 5.19. The van der Waals surface area contributed by atoms with E-state index in [0.29, 0.717) is 0 Å². The lowest BCUT2D eigenvalue weighted by Crippen LogP contribution is -2.18. The van der Waals surface area contributed by atoms with Gasteiger partial charge in [0.25, 0.3) is 0 Å². The van der Waals surface area contributed by atoms with Gasteiger partial charge in [0.15, 0.2) is 0 Å². The van der Waals surface area contributed by atoms with Gasteiger partial charge in [-0.3, -0.25) is 4.99 Å². The summed E-state index contributed by atoms with van der Waals surface area (Å²) in [5.41, 5.74) is 0. The van der Waals surface area contributed by atoms with E-state index in [1.807, 2.05) is 25.9 Å². The maximum absolute atomic E-state index is 4.36. The summed E-state index contributed by atoms with van der Waals surface area (Å²) in [6, 6.07) is 0. The summed E-state index contributed by atoms with van der Waals surface area (Å²) in [4.78, 5) is 6.39. The molecule has 0 heterocycles. The van der Waals surface area contributed by atoms with Gasteiger partial charge in [-0.1, -0.05) is 13.3 Å². The van der Waals surface area contributed by atoms with Crippen molar-refractivity contribution < 1.29 is 0 Å². The third kappa shape index (κ3) is 4.36. The first-order valence-corrected chi connectivity index (χ1v) is 3.86. The second kappa shape index (κ2) is 5.27. The zero-order valence-electron chi connectivity index (χ0n) is 7.52. The lowest BCUT2D eigenvalue weighted by atomic mass is 10.3. The third-order valence-corrected chi connectivity index (χ3v) is 1.50. The first-order chi connectivity index (χ1) is 4.68. The molecular weight excluding hydrogens is 124 g/mol. The Hall–Kier alpha value is -0.530. The Morgan fingerprint density at radius 3 is 2.40 bits per heavy atom. The van der Waals surface area contributed by atoms with Crippen LogP contribution < -0.4 is 0 Å². The van der Waals surface area contributed by atoms with Gasteiger partial charge in [-0.25, -0.2) is 0 Å². The molecule has 0 aromatic rings. The molecule has 0 saturated heterocycles. The Morgan fingerprint density at radius 2 is 2.00 bits per heavy atom. The molecule has 0 bridgehead atoms. The van der Waals surface area contributed by atoms with E-state index in [1.54, 1.807) is 0 Å². The predicted molar refractivity (Wildman–Crippen MR) is 46.6 cm³/mol. The molecule has 0 aliphatic carbocycles. The average Bonchev–Trinajstić information content (AvgIpc) is 1.88. The van der Waals surface area contributed by atoms with E-state index in [2.05, 4.69) is 11.9 Å². The van der Waals surface area contributed by atoms with Crippen LogP contribution in [-0.4, -0.2) is 31.4 Å². The second-order valence-electron chi connectivity index (χ2n) is 2.68. The van der Waals surface area contributed by atoms with E-state index in [4.69, 9.17) is 0 Å². The molecule has 0 amide bonds. The van der Waals surface area contributed by atoms with Gasteiger partial charge in [-0.05, 0) is 13.3 Å². The average molecular weight is 142 g/mol. The normalized spacial score (nSPS) is 11.8. The SMILES string of the molecule is CCCCN=C(C)N(C)C. The van der Waals surface area contributed by atoms with Crippen LogP contribution in [0.4, 0.5) is 0 Å². The first kappa shape index (κ1) is 9.47. The predicted octanol–water partition coefficient (Wildman–Crippen LogP) is 1.77. The van der Waals surface area contributed by atoms with E-state index < -0.39 is 0 Å². The fourth-order valence-electron chi connectivity index (χ4n) is 0.540. The van der Waals surface area contributed by atoms with Crippen molar-refractivity contribution in [2.24, 2.45) is 4.99 Å². The van der Waals surface area contributed by atoms with Gasteiger partial charge >= 0.3 is 0 Å². The molecule has 0 N–H and O–H groups in total. The molecule has 60 valence electrons. The van der Waals surface area contributed by atoms with Crippen molar-refractivity contribution in [3.05, 3.63) is 0 Å². The molecule has 0 aliphatic heterocycles. The Kier molecular flexibility index (Phi) is 4.99. The van der Waals surface area contributed by atoms with Crippen LogP contribution >= 0.6 is 0 Å². The number of hydrogen-bond acceptors (Lipinski definition) is 1. The maximum Gasteiger partial charge on any atom is 0.0952 e. The fourth-order valence-corrected chi connectivity index (χ4v) is 0.540. The summed E-state index contributed by atoms with van der Waals surface area (Å²) in [5, 5.41) is 0. The third-order valence-electron chi connectivity index (χ3n) is 1.50. The number of aliphatic imine (C=N–C) groups is 1. The van der Waals surface area contributed by atoms with Crippen molar-refractivity contribution in [2.75, 3.05) is 20.6 Å². The van der Waals surface area contributed by atoms with Gasteiger partial charge in [0.2, 0.25) is 0 Å². The molecule has 0 aromatic heterocycles. The number of hydrogen-bond donors (Lipinski definition) is 0. The summed E-state index contributed by atoms with van der Waals surface area (Å²) in [6.07, 6.45) is 2.43. The van der Waals surface area contributed by atoms with E-state index in [0.717, 1.165) is 12.4 Å². The van der Waals surface area contributed by atoms with Crippen molar-refractivity contribution in [1.82, 2.24) is 4.90 Å². The molecule has 0 radical (unpaired) electrons. The topological polar surface area (TPSA) is 15.6 Å². The molecule has 10 heavy (non-hydrogen) atoms. The number of rotatable bonds is 3. The summed E-state index contributed by atoms with van der Waals surface area (Å²) in [7, 11) is 4.04. The first-order valence-electron chi connectivity index (χ1n) is 3.86. The van der Waals surface area contributed by atoms with E-state index >= 15 is 0 Å². The smallest absolute Gasteiger partial charge is 0.0952 e. The molecule has 0 aromatic carbocycles. The largest absolute Gasteiger partial charge is 0.367 e. The molecule has 0 spiro atoms.